The first-order valence-corrected chi connectivity index (χ1v) is 9.21. The standard InChI is InChI=1S/C15H18N2O3S2/c1-3-20-11(18)7-21-15-16-13(19)12-9-5-4-8(2)6-10(9)22-14(12)17-15/h8H,3-7H2,1-2H3,(H,16,17,19)/t8-/m0/s1. The maximum absolute atomic E-state index is 12.4. The number of thiophene rings is 1. The van der Waals surface area contributed by atoms with Crippen LogP contribution in [0.5, 0.6) is 0 Å². The number of aromatic nitrogens is 2. The maximum atomic E-state index is 12.4. The van der Waals surface area contributed by atoms with E-state index in [0.717, 1.165) is 29.5 Å². The third-order valence-corrected chi connectivity index (χ3v) is 5.77. The minimum atomic E-state index is -0.297. The average molecular weight is 338 g/mol. The highest BCUT2D eigenvalue weighted by atomic mass is 32.2. The number of esters is 1. The lowest BCUT2D eigenvalue weighted by molar-refractivity contribution is -0.139. The van der Waals surface area contributed by atoms with Crippen LogP contribution < -0.4 is 5.56 Å². The number of thioether (sulfide) groups is 1. The zero-order valence-electron chi connectivity index (χ0n) is 12.6. The zero-order chi connectivity index (χ0) is 15.7. The first-order valence-electron chi connectivity index (χ1n) is 7.41. The van der Waals surface area contributed by atoms with Gasteiger partial charge in [0.1, 0.15) is 4.83 Å². The second-order valence-corrected chi connectivity index (χ2v) is 7.54. The number of nitrogens with zero attached hydrogens (tertiary/aromatic N) is 1. The summed E-state index contributed by atoms with van der Waals surface area (Å²) >= 11 is 2.83. The first-order chi connectivity index (χ1) is 10.6. The van der Waals surface area contributed by atoms with E-state index in [2.05, 4.69) is 16.9 Å². The van der Waals surface area contributed by atoms with Gasteiger partial charge in [-0.05, 0) is 37.7 Å². The van der Waals surface area contributed by atoms with E-state index in [1.165, 1.54) is 22.2 Å². The van der Waals surface area contributed by atoms with E-state index in [1.54, 1.807) is 18.3 Å². The molecule has 7 heteroatoms. The Balaban J connectivity index is 1.89. The van der Waals surface area contributed by atoms with Gasteiger partial charge in [-0.15, -0.1) is 11.3 Å². The Morgan fingerprint density at radius 2 is 2.36 bits per heavy atom. The number of hydrogen-bond donors (Lipinski definition) is 1. The normalized spacial score (nSPS) is 17.5. The number of carbonyl (C=O) groups excluding carboxylic acids is 1. The highest BCUT2D eigenvalue weighted by molar-refractivity contribution is 7.99. The molecule has 1 atom stereocenters. The van der Waals surface area contributed by atoms with Crippen molar-refractivity contribution in [3.63, 3.8) is 0 Å². The number of hydrogen-bond acceptors (Lipinski definition) is 6. The lowest BCUT2D eigenvalue weighted by Gasteiger charge is -2.17. The second-order valence-electron chi connectivity index (χ2n) is 5.50. The van der Waals surface area contributed by atoms with Crippen molar-refractivity contribution in [2.24, 2.45) is 5.92 Å². The number of fused-ring (bicyclic) bond motifs is 3. The van der Waals surface area contributed by atoms with Crippen LogP contribution in [0.25, 0.3) is 10.2 Å². The molecule has 2 aromatic heterocycles. The van der Waals surface area contributed by atoms with Crippen LogP contribution in [0.1, 0.15) is 30.7 Å². The van der Waals surface area contributed by atoms with E-state index in [-0.39, 0.29) is 17.3 Å². The molecule has 0 aromatic carbocycles. The number of carbonyl (C=O) groups is 1. The molecule has 0 aliphatic heterocycles. The summed E-state index contributed by atoms with van der Waals surface area (Å²) in [7, 11) is 0. The second kappa shape index (κ2) is 6.42. The van der Waals surface area contributed by atoms with Crippen LogP contribution in [0.4, 0.5) is 0 Å². The van der Waals surface area contributed by atoms with Crippen molar-refractivity contribution >= 4 is 39.3 Å². The fraction of sp³-hybridized carbons (Fsp3) is 0.533. The summed E-state index contributed by atoms with van der Waals surface area (Å²) in [6.07, 6.45) is 3.11. The number of nitrogens with one attached hydrogen (secondary N) is 1. The van der Waals surface area contributed by atoms with Crippen molar-refractivity contribution in [2.45, 2.75) is 38.3 Å². The van der Waals surface area contributed by atoms with Gasteiger partial charge in [0.15, 0.2) is 5.16 Å². The number of aryl methyl sites for hydroxylation is 1. The summed E-state index contributed by atoms with van der Waals surface area (Å²) in [6, 6.07) is 0. The first kappa shape index (κ1) is 15.6. The lowest BCUT2D eigenvalue weighted by Crippen LogP contribution is -2.14. The van der Waals surface area contributed by atoms with Gasteiger partial charge in [0, 0.05) is 4.88 Å². The van der Waals surface area contributed by atoms with Crippen LogP contribution in [-0.2, 0) is 22.4 Å². The minimum absolute atomic E-state index is 0.0941. The van der Waals surface area contributed by atoms with Crippen LogP contribution in [0.2, 0.25) is 0 Å². The molecule has 0 saturated heterocycles. The molecule has 1 aliphatic carbocycles. The maximum Gasteiger partial charge on any atom is 0.316 e. The van der Waals surface area contributed by atoms with Crippen molar-refractivity contribution in [1.29, 1.82) is 0 Å². The molecule has 5 nitrogen and oxygen atoms in total. The monoisotopic (exact) mass is 338 g/mol. The third kappa shape index (κ3) is 3.05. The highest BCUT2D eigenvalue weighted by Gasteiger charge is 2.23. The summed E-state index contributed by atoms with van der Waals surface area (Å²) in [4.78, 5) is 33.2. The fourth-order valence-corrected chi connectivity index (χ4v) is 4.83. The predicted molar refractivity (Wildman–Crippen MR) is 88.8 cm³/mol. The smallest absolute Gasteiger partial charge is 0.316 e. The molecule has 0 spiro atoms. The van der Waals surface area contributed by atoms with Crippen molar-refractivity contribution < 1.29 is 9.53 Å². The summed E-state index contributed by atoms with van der Waals surface area (Å²) in [6.45, 7) is 4.37. The van der Waals surface area contributed by atoms with E-state index in [4.69, 9.17) is 4.74 Å². The Morgan fingerprint density at radius 3 is 3.14 bits per heavy atom. The van der Waals surface area contributed by atoms with E-state index in [0.29, 0.717) is 17.7 Å². The highest BCUT2D eigenvalue weighted by Crippen LogP contribution is 2.36. The molecule has 1 aliphatic rings. The van der Waals surface area contributed by atoms with Crippen molar-refractivity contribution in [1.82, 2.24) is 9.97 Å². The van der Waals surface area contributed by atoms with Gasteiger partial charge in [-0.25, -0.2) is 4.98 Å². The number of H-pyrrole nitrogens is 1. The van der Waals surface area contributed by atoms with Crippen molar-refractivity contribution in [3.8, 4) is 0 Å². The summed E-state index contributed by atoms with van der Waals surface area (Å²) < 4.78 is 4.88. The van der Waals surface area contributed by atoms with Gasteiger partial charge in [0.25, 0.3) is 5.56 Å². The van der Waals surface area contributed by atoms with Gasteiger partial charge in [0.2, 0.25) is 0 Å². The molecule has 2 aromatic rings. The Bertz CT molecular complexity index is 766. The molecule has 0 bridgehead atoms. The molecule has 22 heavy (non-hydrogen) atoms. The Morgan fingerprint density at radius 1 is 1.55 bits per heavy atom. The Hall–Kier alpha value is -1.34. The fourth-order valence-electron chi connectivity index (χ4n) is 2.73. The lowest BCUT2D eigenvalue weighted by atomic mass is 9.89. The van der Waals surface area contributed by atoms with E-state index >= 15 is 0 Å². The largest absolute Gasteiger partial charge is 0.465 e. The molecule has 2 heterocycles. The van der Waals surface area contributed by atoms with E-state index < -0.39 is 0 Å². The van der Waals surface area contributed by atoms with Crippen LogP contribution in [0.3, 0.4) is 0 Å². The molecule has 0 unspecified atom stereocenters. The molecule has 118 valence electrons. The van der Waals surface area contributed by atoms with Gasteiger partial charge in [-0.1, -0.05) is 18.7 Å². The van der Waals surface area contributed by atoms with Crippen molar-refractivity contribution in [3.05, 3.63) is 20.8 Å². The Labute approximate surface area is 136 Å². The molecule has 0 radical (unpaired) electrons. The molecule has 1 N–H and O–H groups in total. The van der Waals surface area contributed by atoms with E-state index in [9.17, 15) is 9.59 Å². The zero-order valence-corrected chi connectivity index (χ0v) is 14.2. The van der Waals surface area contributed by atoms with Crippen LogP contribution in [-0.4, -0.2) is 28.3 Å². The van der Waals surface area contributed by atoms with Crippen molar-refractivity contribution in [2.75, 3.05) is 12.4 Å². The Kier molecular flexibility index (Phi) is 4.54. The molecule has 0 amide bonds. The number of aromatic amines is 1. The molecular weight excluding hydrogens is 320 g/mol. The third-order valence-electron chi connectivity index (χ3n) is 3.78. The number of rotatable bonds is 4. The van der Waals surface area contributed by atoms with Crippen LogP contribution in [0.15, 0.2) is 9.95 Å². The summed E-state index contributed by atoms with van der Waals surface area (Å²) in [5.74, 6) is 0.525. The molecule has 0 fully saturated rings. The van der Waals surface area contributed by atoms with Gasteiger partial charge >= 0.3 is 5.97 Å². The van der Waals surface area contributed by atoms with Gasteiger partial charge < -0.3 is 9.72 Å². The summed E-state index contributed by atoms with van der Waals surface area (Å²) in [5.41, 5.74) is 1.08. The van der Waals surface area contributed by atoms with Crippen LogP contribution in [0, 0.1) is 5.92 Å². The molecule has 3 rings (SSSR count). The predicted octanol–water partition coefficient (Wildman–Crippen LogP) is 2.76. The van der Waals surface area contributed by atoms with Gasteiger partial charge in [0.05, 0.1) is 17.7 Å². The molecule has 0 saturated carbocycles. The molecular formula is C15H18N2O3S2. The minimum Gasteiger partial charge on any atom is -0.465 e. The SMILES string of the molecule is CCOC(=O)CSc1nc2sc3c(c2c(=O)[nH]1)CC[C@H](C)C3. The van der Waals surface area contributed by atoms with Crippen LogP contribution >= 0.6 is 23.1 Å². The quantitative estimate of drug-likeness (QED) is 0.527. The van der Waals surface area contributed by atoms with Gasteiger partial charge in [-0.2, -0.15) is 0 Å². The number of ether oxygens (including phenoxy) is 1. The summed E-state index contributed by atoms with van der Waals surface area (Å²) in [5, 5.41) is 1.23. The van der Waals surface area contributed by atoms with E-state index in [1.807, 2.05) is 0 Å². The topological polar surface area (TPSA) is 72.0 Å². The average Bonchev–Trinajstić information content (AvgIpc) is 2.83. The van der Waals surface area contributed by atoms with Gasteiger partial charge in [-0.3, -0.25) is 9.59 Å².